The lowest BCUT2D eigenvalue weighted by molar-refractivity contribution is 0.0967. The van der Waals surface area contributed by atoms with Gasteiger partial charge in [-0.1, -0.05) is 159 Å². The van der Waals surface area contributed by atoms with Crippen molar-refractivity contribution in [2.75, 3.05) is 39.6 Å². The van der Waals surface area contributed by atoms with Gasteiger partial charge < -0.3 is 28.4 Å². The molecule has 0 spiro atoms. The molecule has 1 aliphatic carbocycles. The van der Waals surface area contributed by atoms with Crippen LogP contribution in [0.4, 0.5) is 0 Å². The van der Waals surface area contributed by atoms with Crippen LogP contribution in [-0.2, 0) is 0 Å². The minimum absolute atomic E-state index is 0.222. The van der Waals surface area contributed by atoms with Gasteiger partial charge in [-0.3, -0.25) is 9.59 Å². The van der Waals surface area contributed by atoms with Crippen molar-refractivity contribution in [1.82, 2.24) is 0 Å². The molecule has 0 heterocycles. The standard InChI is InChI=1S/C54H88O8/c1-11-15-19-31-57-45-37-43-47(53(51(45)59-33-21-17-13-3)61-35-29-41(9)27-23-25-39(5)6)50(56)44-38-46(58-32-20-16-12-2)52(60-34-22-18-14-4)54(48(44)49(43)55)62-36-30-42(10)28-24-26-40(7)8/h37-42H,11-36H2,1-10H3. The molecule has 2 atom stereocenters. The van der Waals surface area contributed by atoms with Gasteiger partial charge in [-0.25, -0.2) is 0 Å². The van der Waals surface area contributed by atoms with Gasteiger partial charge in [0.25, 0.3) is 0 Å². The molecule has 0 amide bonds. The average molecular weight is 865 g/mol. The largest absolute Gasteiger partial charge is 0.490 e. The monoisotopic (exact) mass is 865 g/mol. The summed E-state index contributed by atoms with van der Waals surface area (Å²) in [5, 5.41) is 0. The molecule has 0 aliphatic heterocycles. The van der Waals surface area contributed by atoms with Crippen LogP contribution in [0.2, 0.25) is 0 Å². The van der Waals surface area contributed by atoms with Crippen LogP contribution in [0.25, 0.3) is 0 Å². The first-order chi connectivity index (χ1) is 30.0. The number of rotatable bonds is 36. The minimum Gasteiger partial charge on any atom is -0.490 e. The first-order valence-electron chi connectivity index (χ1n) is 25.3. The lowest BCUT2D eigenvalue weighted by Gasteiger charge is -2.28. The van der Waals surface area contributed by atoms with Crippen LogP contribution >= 0.6 is 0 Å². The SMILES string of the molecule is CCCCCOc1cc2c(c(OCCC(C)CCCC(C)C)c1OCCCCC)C(=O)c1cc(OCCCCC)c(OCCCCC)c(OCCC(C)CCCC(C)C)c1C2=O. The third-order valence-electron chi connectivity index (χ3n) is 12.0. The van der Waals surface area contributed by atoms with Crippen molar-refractivity contribution >= 4 is 11.6 Å². The molecule has 0 radical (unpaired) electrons. The van der Waals surface area contributed by atoms with Crippen molar-refractivity contribution < 1.29 is 38.0 Å². The van der Waals surface area contributed by atoms with Crippen LogP contribution in [0.1, 0.15) is 229 Å². The Labute approximate surface area is 378 Å². The average Bonchev–Trinajstić information content (AvgIpc) is 3.23. The highest BCUT2D eigenvalue weighted by Crippen LogP contribution is 2.51. The molecule has 2 aromatic rings. The Bertz CT molecular complexity index is 1480. The van der Waals surface area contributed by atoms with Crippen molar-refractivity contribution in [1.29, 1.82) is 0 Å². The Hall–Kier alpha value is -3.42. The molecule has 0 fully saturated rings. The first-order valence-corrected chi connectivity index (χ1v) is 25.3. The van der Waals surface area contributed by atoms with E-state index in [1.807, 2.05) is 0 Å². The van der Waals surface area contributed by atoms with Crippen LogP contribution in [0.15, 0.2) is 12.1 Å². The van der Waals surface area contributed by atoms with Crippen LogP contribution in [-0.4, -0.2) is 51.2 Å². The van der Waals surface area contributed by atoms with Gasteiger partial charge in [0.15, 0.2) is 34.6 Å². The van der Waals surface area contributed by atoms with Gasteiger partial charge in [0, 0.05) is 11.1 Å². The molecule has 62 heavy (non-hydrogen) atoms. The fourth-order valence-electron chi connectivity index (χ4n) is 7.96. The Kier molecular flexibility index (Phi) is 25.5. The van der Waals surface area contributed by atoms with Crippen molar-refractivity contribution in [3.8, 4) is 34.5 Å². The predicted molar refractivity (Wildman–Crippen MR) is 256 cm³/mol. The number of carbonyl (C=O) groups excluding carboxylic acids is 2. The van der Waals surface area contributed by atoms with Crippen LogP contribution < -0.4 is 28.4 Å². The molecule has 2 unspecified atom stereocenters. The third-order valence-corrected chi connectivity index (χ3v) is 12.0. The molecule has 352 valence electrons. The quantitative estimate of drug-likeness (QED) is 0.0534. The van der Waals surface area contributed by atoms with Gasteiger partial charge >= 0.3 is 0 Å². The maximum atomic E-state index is 15.3. The zero-order valence-electron chi connectivity index (χ0n) is 41.1. The normalized spacial score (nSPS) is 13.3. The minimum atomic E-state index is -0.312. The predicted octanol–water partition coefficient (Wildman–Crippen LogP) is 15.2. The van der Waals surface area contributed by atoms with Crippen LogP contribution in [0.5, 0.6) is 34.5 Å². The van der Waals surface area contributed by atoms with Crippen molar-refractivity contribution in [2.45, 2.75) is 198 Å². The lowest BCUT2D eigenvalue weighted by Crippen LogP contribution is -2.25. The summed E-state index contributed by atoms with van der Waals surface area (Å²) in [7, 11) is 0. The van der Waals surface area contributed by atoms with E-state index in [0.717, 1.165) is 103 Å². The first kappa shape index (κ1) is 52.9. The number of benzene rings is 2. The second kappa shape index (κ2) is 29.9. The number of ether oxygens (including phenoxy) is 6. The highest BCUT2D eigenvalue weighted by atomic mass is 16.5. The Balaban J connectivity index is 2.23. The molecular formula is C54H88O8. The maximum Gasteiger partial charge on any atom is 0.204 e. The second-order valence-corrected chi connectivity index (χ2v) is 18.9. The van der Waals surface area contributed by atoms with Crippen LogP contribution in [0, 0.1) is 23.7 Å². The fraction of sp³-hybridized carbons (Fsp3) is 0.741. The Morgan fingerprint density at radius 2 is 0.694 bits per heavy atom. The van der Waals surface area contributed by atoms with Gasteiger partial charge in [-0.15, -0.1) is 0 Å². The highest BCUT2D eigenvalue weighted by Gasteiger charge is 2.41. The van der Waals surface area contributed by atoms with Gasteiger partial charge in [-0.05, 0) is 74.3 Å². The molecule has 0 aromatic heterocycles. The third kappa shape index (κ3) is 17.3. The van der Waals surface area contributed by atoms with E-state index in [0.29, 0.717) is 97.8 Å². The number of hydrogen-bond acceptors (Lipinski definition) is 8. The maximum absolute atomic E-state index is 15.3. The number of fused-ring (bicyclic) bond motifs is 2. The molecule has 8 heteroatoms. The molecule has 0 N–H and O–H groups in total. The van der Waals surface area contributed by atoms with E-state index in [1.165, 1.54) is 25.7 Å². The molecule has 2 aromatic carbocycles. The van der Waals surface area contributed by atoms with Crippen molar-refractivity contribution in [2.24, 2.45) is 23.7 Å². The summed E-state index contributed by atoms with van der Waals surface area (Å²) in [4.78, 5) is 30.6. The van der Waals surface area contributed by atoms with Crippen molar-refractivity contribution in [3.05, 3.63) is 34.4 Å². The number of hydrogen-bond donors (Lipinski definition) is 0. The second-order valence-electron chi connectivity index (χ2n) is 18.9. The Morgan fingerprint density at radius 1 is 0.371 bits per heavy atom. The molecule has 0 bridgehead atoms. The highest BCUT2D eigenvalue weighted by molar-refractivity contribution is 6.31. The number of ketones is 2. The van der Waals surface area contributed by atoms with E-state index < -0.39 is 0 Å². The number of carbonyl (C=O) groups is 2. The smallest absolute Gasteiger partial charge is 0.204 e. The lowest BCUT2D eigenvalue weighted by atomic mass is 9.82. The molecule has 0 saturated carbocycles. The fourth-order valence-corrected chi connectivity index (χ4v) is 7.96. The zero-order valence-corrected chi connectivity index (χ0v) is 41.1. The van der Waals surface area contributed by atoms with Crippen molar-refractivity contribution in [3.63, 3.8) is 0 Å². The van der Waals surface area contributed by atoms with Gasteiger partial charge in [0.2, 0.25) is 11.5 Å². The summed E-state index contributed by atoms with van der Waals surface area (Å²) in [5.74, 6) is 3.87. The van der Waals surface area contributed by atoms with Gasteiger partial charge in [-0.2, -0.15) is 0 Å². The van der Waals surface area contributed by atoms with Crippen LogP contribution in [0.3, 0.4) is 0 Å². The summed E-state index contributed by atoms with van der Waals surface area (Å²) >= 11 is 0. The zero-order chi connectivity index (χ0) is 45.3. The van der Waals surface area contributed by atoms with E-state index in [2.05, 4.69) is 69.2 Å². The van der Waals surface area contributed by atoms with E-state index >= 15 is 9.59 Å². The van der Waals surface area contributed by atoms with E-state index in [9.17, 15) is 0 Å². The Morgan fingerprint density at radius 3 is 1.02 bits per heavy atom. The molecule has 8 nitrogen and oxygen atoms in total. The van der Waals surface area contributed by atoms with Gasteiger partial charge in [0.05, 0.1) is 50.8 Å². The van der Waals surface area contributed by atoms with E-state index in [-0.39, 0.29) is 33.8 Å². The summed E-state index contributed by atoms with van der Waals surface area (Å²) in [5.41, 5.74) is 0.933. The van der Waals surface area contributed by atoms with Gasteiger partial charge in [0.1, 0.15) is 0 Å². The number of unbranched alkanes of at least 4 members (excludes halogenated alkanes) is 8. The molecule has 1 aliphatic rings. The summed E-state index contributed by atoms with van der Waals surface area (Å²) in [6.07, 6.45) is 20.2. The molecular weight excluding hydrogens is 777 g/mol. The molecule has 0 saturated heterocycles. The topological polar surface area (TPSA) is 89.5 Å². The summed E-state index contributed by atoms with van der Waals surface area (Å²) in [6, 6.07) is 3.44. The van der Waals surface area contributed by atoms with E-state index in [4.69, 9.17) is 28.4 Å². The summed E-state index contributed by atoms with van der Waals surface area (Å²) < 4.78 is 39.5. The molecule has 3 rings (SSSR count). The summed E-state index contributed by atoms with van der Waals surface area (Å²) in [6.45, 7) is 24.8. The van der Waals surface area contributed by atoms with E-state index in [1.54, 1.807) is 12.1 Å².